The quantitative estimate of drug-likeness (QED) is 0.684. The molecule has 1 aromatic carbocycles. The molecule has 0 aliphatic rings. The van der Waals surface area contributed by atoms with Crippen molar-refractivity contribution in [1.29, 1.82) is 0 Å². The van der Waals surface area contributed by atoms with Crippen LogP contribution < -0.4 is 10.5 Å². The normalized spacial score (nSPS) is 10.4. The first-order chi connectivity index (χ1) is 7.90. The largest absolute Gasteiger partial charge is 0.479 e. The highest BCUT2D eigenvalue weighted by Gasteiger charge is 2.11. The lowest BCUT2D eigenvalue weighted by Gasteiger charge is -2.12. The maximum atomic E-state index is 11.3. The Hall–Kier alpha value is -0.940. The van der Waals surface area contributed by atoms with Crippen molar-refractivity contribution in [1.82, 2.24) is 0 Å². The average molecular weight is 323 g/mol. The lowest BCUT2D eigenvalue weighted by molar-refractivity contribution is -0.149. The van der Waals surface area contributed by atoms with Gasteiger partial charge in [-0.3, -0.25) is 0 Å². The number of nitrogens with two attached hydrogens (primary N) is 1. The van der Waals surface area contributed by atoms with Gasteiger partial charge in [0.25, 0.3) is 0 Å². The van der Waals surface area contributed by atoms with E-state index in [-0.39, 0.29) is 12.7 Å². The molecule has 0 unspecified atom stereocenters. The topological polar surface area (TPSA) is 61.5 Å². The highest BCUT2D eigenvalue weighted by Crippen LogP contribution is 2.34. The first-order valence-electron chi connectivity index (χ1n) is 4.97. The van der Waals surface area contributed by atoms with Crippen molar-refractivity contribution in [3.8, 4) is 5.75 Å². The van der Waals surface area contributed by atoms with Gasteiger partial charge in [0.1, 0.15) is 0 Å². The van der Waals surface area contributed by atoms with Crippen LogP contribution in [0.4, 0.5) is 5.69 Å². The molecule has 0 bridgehead atoms. The second-order valence-electron chi connectivity index (χ2n) is 3.63. The number of nitrogen functional groups attached to an aromatic ring is 1. The van der Waals surface area contributed by atoms with Crippen LogP contribution in [0, 0.1) is 0 Å². The summed E-state index contributed by atoms with van der Waals surface area (Å²) in [6.45, 7) is 3.34. The van der Waals surface area contributed by atoms with Crippen LogP contribution in [0.25, 0.3) is 0 Å². The molecule has 6 heteroatoms. The number of rotatable bonds is 4. The van der Waals surface area contributed by atoms with Gasteiger partial charge in [-0.1, -0.05) is 11.6 Å². The van der Waals surface area contributed by atoms with Crippen LogP contribution in [0.1, 0.15) is 13.8 Å². The zero-order chi connectivity index (χ0) is 13.0. The van der Waals surface area contributed by atoms with Crippen molar-refractivity contribution in [2.75, 3.05) is 12.3 Å². The summed E-state index contributed by atoms with van der Waals surface area (Å²) >= 11 is 9.05. The zero-order valence-corrected chi connectivity index (χ0v) is 11.8. The van der Waals surface area contributed by atoms with Crippen LogP contribution in [0.5, 0.6) is 5.75 Å². The number of halogens is 2. The fraction of sp³-hybridized carbons (Fsp3) is 0.364. The van der Waals surface area contributed by atoms with E-state index < -0.39 is 5.97 Å². The zero-order valence-electron chi connectivity index (χ0n) is 9.50. The second kappa shape index (κ2) is 6.12. The molecule has 17 heavy (non-hydrogen) atoms. The number of anilines is 1. The molecule has 0 saturated carbocycles. The van der Waals surface area contributed by atoms with Crippen LogP contribution in [0.2, 0.25) is 5.02 Å². The minimum Gasteiger partial charge on any atom is -0.479 e. The molecule has 0 aliphatic heterocycles. The summed E-state index contributed by atoms with van der Waals surface area (Å²) in [5, 5.41) is 0.492. The van der Waals surface area contributed by atoms with Gasteiger partial charge in [0.15, 0.2) is 12.4 Å². The molecule has 0 radical (unpaired) electrons. The summed E-state index contributed by atoms with van der Waals surface area (Å²) < 4.78 is 10.8. The molecular formula is C11H13BrClNO3. The third-order valence-electron chi connectivity index (χ3n) is 1.74. The average Bonchev–Trinajstić information content (AvgIpc) is 2.14. The summed E-state index contributed by atoms with van der Waals surface area (Å²) in [4.78, 5) is 11.3. The van der Waals surface area contributed by atoms with Crippen LogP contribution in [0.3, 0.4) is 0 Å². The van der Waals surface area contributed by atoms with Gasteiger partial charge in [0, 0.05) is 5.02 Å². The van der Waals surface area contributed by atoms with E-state index in [1.807, 2.05) is 0 Å². The Morgan fingerprint density at radius 1 is 1.53 bits per heavy atom. The Morgan fingerprint density at radius 2 is 2.18 bits per heavy atom. The number of hydrogen-bond acceptors (Lipinski definition) is 4. The number of esters is 1. The van der Waals surface area contributed by atoms with Crippen molar-refractivity contribution >= 4 is 39.2 Å². The van der Waals surface area contributed by atoms with E-state index in [1.165, 1.54) is 0 Å². The highest BCUT2D eigenvalue weighted by atomic mass is 79.9. The van der Waals surface area contributed by atoms with E-state index in [0.29, 0.717) is 20.9 Å². The van der Waals surface area contributed by atoms with Crippen LogP contribution in [-0.4, -0.2) is 18.7 Å². The highest BCUT2D eigenvalue weighted by molar-refractivity contribution is 9.10. The van der Waals surface area contributed by atoms with E-state index >= 15 is 0 Å². The first kappa shape index (κ1) is 14.1. The molecule has 2 N–H and O–H groups in total. The smallest absolute Gasteiger partial charge is 0.344 e. The SMILES string of the molecule is CC(C)OC(=O)COc1c(N)cc(Cl)cc1Br. The van der Waals surface area contributed by atoms with Crippen LogP contribution in [-0.2, 0) is 9.53 Å². The number of carbonyl (C=O) groups is 1. The minimum absolute atomic E-state index is 0.169. The minimum atomic E-state index is -0.443. The lowest BCUT2D eigenvalue weighted by Crippen LogP contribution is -2.19. The molecular weight excluding hydrogens is 309 g/mol. The van der Waals surface area contributed by atoms with E-state index in [9.17, 15) is 4.79 Å². The van der Waals surface area contributed by atoms with Crippen molar-refractivity contribution in [3.05, 3.63) is 21.6 Å². The van der Waals surface area contributed by atoms with Gasteiger partial charge in [0.2, 0.25) is 0 Å². The molecule has 0 heterocycles. The fourth-order valence-corrected chi connectivity index (χ4v) is 2.11. The van der Waals surface area contributed by atoms with E-state index in [0.717, 1.165) is 0 Å². The third-order valence-corrected chi connectivity index (χ3v) is 2.55. The van der Waals surface area contributed by atoms with Crippen LogP contribution in [0.15, 0.2) is 16.6 Å². The molecule has 0 aliphatic carbocycles. The van der Waals surface area contributed by atoms with Gasteiger partial charge in [-0.15, -0.1) is 0 Å². The molecule has 94 valence electrons. The van der Waals surface area contributed by atoms with E-state index in [1.54, 1.807) is 26.0 Å². The Morgan fingerprint density at radius 3 is 2.71 bits per heavy atom. The molecule has 0 saturated heterocycles. The van der Waals surface area contributed by atoms with Crippen molar-refractivity contribution < 1.29 is 14.3 Å². The van der Waals surface area contributed by atoms with Gasteiger partial charge >= 0.3 is 5.97 Å². The molecule has 0 atom stereocenters. The van der Waals surface area contributed by atoms with Gasteiger partial charge in [0.05, 0.1) is 16.3 Å². The van der Waals surface area contributed by atoms with Gasteiger partial charge in [-0.2, -0.15) is 0 Å². The second-order valence-corrected chi connectivity index (χ2v) is 4.92. The Labute approximate surface area is 113 Å². The number of ether oxygens (including phenoxy) is 2. The molecule has 1 rings (SSSR count). The van der Waals surface area contributed by atoms with Crippen molar-refractivity contribution in [2.24, 2.45) is 0 Å². The maximum Gasteiger partial charge on any atom is 0.344 e. The summed E-state index contributed by atoms with van der Waals surface area (Å²) in [6.07, 6.45) is -0.169. The van der Waals surface area contributed by atoms with Crippen LogP contribution >= 0.6 is 27.5 Å². The molecule has 0 spiro atoms. The molecule has 4 nitrogen and oxygen atoms in total. The number of benzene rings is 1. The summed E-state index contributed by atoms with van der Waals surface area (Å²) in [6, 6.07) is 3.19. The monoisotopic (exact) mass is 321 g/mol. The van der Waals surface area contributed by atoms with Gasteiger partial charge < -0.3 is 15.2 Å². The summed E-state index contributed by atoms with van der Waals surface area (Å²) in [5.41, 5.74) is 6.08. The van der Waals surface area contributed by atoms with Crippen molar-refractivity contribution in [2.45, 2.75) is 20.0 Å². The number of carbonyl (C=O) groups excluding carboxylic acids is 1. The predicted octanol–water partition coefficient (Wildman–Crippen LogP) is 3.02. The molecule has 0 amide bonds. The maximum absolute atomic E-state index is 11.3. The number of hydrogen-bond donors (Lipinski definition) is 1. The molecule has 0 fully saturated rings. The van der Waals surface area contributed by atoms with E-state index in [2.05, 4.69) is 15.9 Å². The fourth-order valence-electron chi connectivity index (χ4n) is 1.16. The molecule has 0 aromatic heterocycles. The Kier molecular flexibility index (Phi) is 5.08. The Bertz CT molecular complexity index is 400. The lowest BCUT2D eigenvalue weighted by atomic mass is 10.3. The van der Waals surface area contributed by atoms with Gasteiger partial charge in [-0.05, 0) is 41.9 Å². The first-order valence-corrected chi connectivity index (χ1v) is 6.14. The summed E-state index contributed by atoms with van der Waals surface area (Å²) in [5.74, 6) is -0.0589. The Balaban J connectivity index is 2.67. The standard InChI is InChI=1S/C11H13BrClNO3/c1-6(2)17-10(15)5-16-11-8(12)3-7(13)4-9(11)14/h3-4,6H,5,14H2,1-2H3. The third kappa shape index (κ3) is 4.44. The van der Waals surface area contributed by atoms with E-state index in [4.69, 9.17) is 26.8 Å². The van der Waals surface area contributed by atoms with Crippen molar-refractivity contribution in [3.63, 3.8) is 0 Å². The predicted molar refractivity (Wildman–Crippen MR) is 70.3 cm³/mol. The van der Waals surface area contributed by atoms with Gasteiger partial charge in [-0.25, -0.2) is 4.79 Å². The summed E-state index contributed by atoms with van der Waals surface area (Å²) in [7, 11) is 0. The molecule has 1 aromatic rings.